The van der Waals surface area contributed by atoms with Gasteiger partial charge in [-0.25, -0.2) is 0 Å². The molecule has 0 aromatic rings. The van der Waals surface area contributed by atoms with Gasteiger partial charge in [-0.2, -0.15) is 0 Å². The molecular formula is C13H22N2O3. The minimum atomic E-state index is -0.427. The average molecular weight is 254 g/mol. The molecule has 5 heteroatoms. The van der Waals surface area contributed by atoms with Crippen molar-refractivity contribution in [2.75, 3.05) is 6.61 Å². The Balaban J connectivity index is 2.19. The van der Waals surface area contributed by atoms with Crippen LogP contribution >= 0.6 is 0 Å². The summed E-state index contributed by atoms with van der Waals surface area (Å²) in [5.74, 6) is -0.0427. The molecule has 0 aliphatic carbocycles. The van der Waals surface area contributed by atoms with Crippen molar-refractivity contribution < 1.29 is 14.3 Å². The first-order valence-corrected chi connectivity index (χ1v) is 6.80. The van der Waals surface area contributed by atoms with Gasteiger partial charge in [0.05, 0.1) is 12.1 Å². The van der Waals surface area contributed by atoms with Crippen LogP contribution in [0.3, 0.4) is 0 Å². The maximum Gasteiger partial charge on any atom is 0.245 e. The Morgan fingerprint density at radius 2 is 2.22 bits per heavy atom. The molecule has 0 aromatic carbocycles. The third-order valence-corrected chi connectivity index (χ3v) is 3.95. The smallest absolute Gasteiger partial charge is 0.245 e. The third-order valence-electron chi connectivity index (χ3n) is 3.95. The lowest BCUT2D eigenvalue weighted by molar-refractivity contribution is -0.154. The highest BCUT2D eigenvalue weighted by atomic mass is 16.5. The minimum absolute atomic E-state index is 0.00412. The maximum absolute atomic E-state index is 12.3. The van der Waals surface area contributed by atoms with Crippen molar-refractivity contribution in [1.29, 1.82) is 0 Å². The van der Waals surface area contributed by atoms with Gasteiger partial charge in [0.1, 0.15) is 12.1 Å². The van der Waals surface area contributed by atoms with E-state index in [1.807, 2.05) is 13.8 Å². The standard InChI is InChI=1S/C13H22N2O3/c1-4-10-12(16)14-8(2)13(17)15(10)9(3)11-6-5-7-18-11/h8-11H,4-7H2,1-3H3,(H,14,16). The Hall–Kier alpha value is -1.10. The van der Waals surface area contributed by atoms with Crippen LogP contribution in [0, 0.1) is 0 Å². The van der Waals surface area contributed by atoms with Gasteiger partial charge in [-0.1, -0.05) is 6.92 Å². The van der Waals surface area contributed by atoms with Crippen LogP contribution < -0.4 is 5.32 Å². The fourth-order valence-electron chi connectivity index (χ4n) is 2.90. The summed E-state index contributed by atoms with van der Waals surface area (Å²) in [7, 11) is 0. The van der Waals surface area contributed by atoms with E-state index in [9.17, 15) is 9.59 Å². The van der Waals surface area contributed by atoms with Crippen LogP contribution in [0.1, 0.15) is 40.0 Å². The van der Waals surface area contributed by atoms with E-state index in [0.29, 0.717) is 6.42 Å². The molecular weight excluding hydrogens is 232 g/mol. The number of carbonyl (C=O) groups is 2. The molecule has 18 heavy (non-hydrogen) atoms. The second-order valence-electron chi connectivity index (χ2n) is 5.19. The summed E-state index contributed by atoms with van der Waals surface area (Å²) in [6.45, 7) is 6.42. The van der Waals surface area contributed by atoms with Crippen LogP contribution in [0.5, 0.6) is 0 Å². The van der Waals surface area contributed by atoms with E-state index >= 15 is 0 Å². The first kappa shape index (κ1) is 13.3. The molecule has 2 rings (SSSR count). The monoisotopic (exact) mass is 254 g/mol. The summed E-state index contributed by atoms with van der Waals surface area (Å²) >= 11 is 0. The first-order chi connectivity index (χ1) is 8.56. The molecule has 102 valence electrons. The van der Waals surface area contributed by atoms with E-state index < -0.39 is 6.04 Å². The topological polar surface area (TPSA) is 58.6 Å². The molecule has 2 aliphatic rings. The van der Waals surface area contributed by atoms with Gasteiger partial charge >= 0.3 is 0 Å². The Kier molecular flexibility index (Phi) is 3.90. The fraction of sp³-hybridized carbons (Fsp3) is 0.846. The average Bonchev–Trinajstić information content (AvgIpc) is 2.86. The van der Waals surface area contributed by atoms with Crippen LogP contribution in [0.15, 0.2) is 0 Å². The zero-order valence-electron chi connectivity index (χ0n) is 11.3. The summed E-state index contributed by atoms with van der Waals surface area (Å²) in [5, 5.41) is 2.73. The van der Waals surface area contributed by atoms with E-state index in [1.165, 1.54) is 0 Å². The van der Waals surface area contributed by atoms with Crippen LogP contribution in [0.4, 0.5) is 0 Å². The molecule has 0 saturated carbocycles. The van der Waals surface area contributed by atoms with Gasteiger partial charge in [0.2, 0.25) is 11.8 Å². The van der Waals surface area contributed by atoms with E-state index in [1.54, 1.807) is 11.8 Å². The lowest BCUT2D eigenvalue weighted by Gasteiger charge is -2.42. The van der Waals surface area contributed by atoms with E-state index in [4.69, 9.17) is 4.74 Å². The van der Waals surface area contributed by atoms with E-state index in [-0.39, 0.29) is 30.0 Å². The number of carbonyl (C=O) groups excluding carboxylic acids is 2. The zero-order chi connectivity index (χ0) is 13.3. The highest BCUT2D eigenvalue weighted by Gasteiger charge is 2.42. The number of nitrogens with one attached hydrogen (secondary N) is 1. The number of amides is 2. The van der Waals surface area contributed by atoms with Gasteiger partial charge in [0.25, 0.3) is 0 Å². The van der Waals surface area contributed by atoms with Crippen molar-refractivity contribution in [2.45, 2.75) is 64.3 Å². The maximum atomic E-state index is 12.3. The van der Waals surface area contributed by atoms with Crippen LogP contribution in [-0.4, -0.2) is 47.6 Å². The van der Waals surface area contributed by atoms with Crippen LogP contribution in [0.2, 0.25) is 0 Å². The summed E-state index contributed by atoms with van der Waals surface area (Å²) in [5.41, 5.74) is 0. The summed E-state index contributed by atoms with van der Waals surface area (Å²) in [6.07, 6.45) is 2.72. The van der Waals surface area contributed by atoms with Crippen molar-refractivity contribution >= 4 is 11.8 Å². The lowest BCUT2D eigenvalue weighted by atomic mass is 9.99. The van der Waals surface area contributed by atoms with Crippen molar-refractivity contribution in [2.24, 2.45) is 0 Å². The summed E-state index contributed by atoms with van der Waals surface area (Å²) in [6, 6.07) is -0.810. The number of hydrogen-bond donors (Lipinski definition) is 1. The molecule has 5 nitrogen and oxygen atoms in total. The minimum Gasteiger partial charge on any atom is -0.376 e. The predicted molar refractivity (Wildman–Crippen MR) is 67.0 cm³/mol. The van der Waals surface area contributed by atoms with Crippen molar-refractivity contribution in [3.63, 3.8) is 0 Å². The number of ether oxygens (including phenoxy) is 1. The van der Waals surface area contributed by atoms with Crippen molar-refractivity contribution in [3.05, 3.63) is 0 Å². The van der Waals surface area contributed by atoms with Crippen molar-refractivity contribution in [3.8, 4) is 0 Å². The Bertz CT molecular complexity index is 339. The Labute approximate surface area is 108 Å². The van der Waals surface area contributed by atoms with Gasteiger partial charge in [-0.3, -0.25) is 9.59 Å². The highest BCUT2D eigenvalue weighted by Crippen LogP contribution is 2.24. The number of piperazine rings is 1. The third kappa shape index (κ3) is 2.23. The molecule has 0 spiro atoms. The van der Waals surface area contributed by atoms with Gasteiger partial charge < -0.3 is 15.0 Å². The number of rotatable bonds is 3. The zero-order valence-corrected chi connectivity index (χ0v) is 11.3. The first-order valence-electron chi connectivity index (χ1n) is 6.80. The molecule has 0 radical (unpaired) electrons. The molecule has 4 unspecified atom stereocenters. The molecule has 0 bridgehead atoms. The molecule has 2 amide bonds. The van der Waals surface area contributed by atoms with Crippen LogP contribution in [0.25, 0.3) is 0 Å². The Morgan fingerprint density at radius 3 is 2.78 bits per heavy atom. The molecule has 2 heterocycles. The second-order valence-corrected chi connectivity index (χ2v) is 5.19. The number of nitrogens with zero attached hydrogens (tertiary/aromatic N) is 1. The summed E-state index contributed by atoms with van der Waals surface area (Å²) in [4.78, 5) is 26.0. The molecule has 4 atom stereocenters. The lowest BCUT2D eigenvalue weighted by Crippen LogP contribution is -2.65. The highest BCUT2D eigenvalue weighted by molar-refractivity contribution is 5.96. The Morgan fingerprint density at radius 1 is 1.50 bits per heavy atom. The predicted octanol–water partition coefficient (Wildman–Crippen LogP) is 0.679. The molecule has 1 N–H and O–H groups in total. The summed E-state index contributed by atoms with van der Waals surface area (Å²) < 4.78 is 5.65. The van der Waals surface area contributed by atoms with E-state index in [2.05, 4.69) is 5.32 Å². The largest absolute Gasteiger partial charge is 0.376 e. The van der Waals surface area contributed by atoms with Gasteiger partial charge in [-0.05, 0) is 33.1 Å². The molecule has 0 aromatic heterocycles. The number of hydrogen-bond acceptors (Lipinski definition) is 3. The van der Waals surface area contributed by atoms with E-state index in [0.717, 1.165) is 19.4 Å². The van der Waals surface area contributed by atoms with Crippen molar-refractivity contribution in [1.82, 2.24) is 10.2 Å². The van der Waals surface area contributed by atoms with Gasteiger partial charge in [0.15, 0.2) is 0 Å². The molecule has 2 fully saturated rings. The van der Waals surface area contributed by atoms with Gasteiger partial charge in [0, 0.05) is 6.61 Å². The SMILES string of the molecule is CCC1C(=O)NC(C)C(=O)N1C(C)C1CCCO1. The quantitative estimate of drug-likeness (QED) is 0.805. The van der Waals surface area contributed by atoms with Gasteiger partial charge in [-0.15, -0.1) is 0 Å². The van der Waals surface area contributed by atoms with Crippen LogP contribution in [-0.2, 0) is 14.3 Å². The second kappa shape index (κ2) is 5.26. The molecule has 2 saturated heterocycles. The normalized spacial score (nSPS) is 34.6. The molecule has 2 aliphatic heterocycles. The fourth-order valence-corrected chi connectivity index (χ4v) is 2.90.